The van der Waals surface area contributed by atoms with Crippen molar-refractivity contribution in [3.05, 3.63) is 22.8 Å². The lowest BCUT2D eigenvalue weighted by molar-refractivity contribution is 0.0845. The lowest BCUT2D eigenvalue weighted by atomic mass is 9.53. The van der Waals surface area contributed by atoms with Gasteiger partial charge >= 0.3 is 0 Å². The van der Waals surface area contributed by atoms with Crippen LogP contribution in [0.1, 0.15) is 112 Å². The summed E-state index contributed by atoms with van der Waals surface area (Å²) in [5, 5.41) is 10.2. The number of aliphatic hydroxyl groups is 1. The van der Waals surface area contributed by atoms with Crippen LogP contribution in [0.3, 0.4) is 0 Å². The fraction of sp³-hybridized carbons (Fsp3) is 0.862. The van der Waals surface area contributed by atoms with Crippen LogP contribution in [-0.2, 0) is 0 Å². The SMILES string of the molecule is CC[C@H](CC[C@@H](C)[C@H]1CC[C@H]2C3=C(CC[C@]12C)[C@@]1(C)CC[C@H](O)CC1=CC3)C(C)C. The van der Waals surface area contributed by atoms with Crippen LogP contribution in [0.15, 0.2) is 22.8 Å². The summed E-state index contributed by atoms with van der Waals surface area (Å²) in [7, 11) is 0. The highest BCUT2D eigenvalue weighted by molar-refractivity contribution is 5.43. The van der Waals surface area contributed by atoms with Gasteiger partial charge in [0.2, 0.25) is 0 Å². The largest absolute Gasteiger partial charge is 0.393 e. The molecule has 2 fully saturated rings. The fourth-order valence-electron chi connectivity index (χ4n) is 8.56. The Kier molecular flexibility index (Phi) is 6.35. The Morgan fingerprint density at radius 1 is 1.07 bits per heavy atom. The molecular formula is C29H48O. The van der Waals surface area contributed by atoms with E-state index < -0.39 is 0 Å². The van der Waals surface area contributed by atoms with E-state index in [2.05, 4.69) is 47.6 Å². The summed E-state index contributed by atoms with van der Waals surface area (Å²) in [6.07, 6.45) is 16.5. The summed E-state index contributed by atoms with van der Waals surface area (Å²) in [6.45, 7) is 15.0. The van der Waals surface area contributed by atoms with E-state index in [4.69, 9.17) is 0 Å². The average molecular weight is 413 g/mol. The van der Waals surface area contributed by atoms with Gasteiger partial charge in [0, 0.05) is 5.41 Å². The molecule has 4 rings (SSSR count). The van der Waals surface area contributed by atoms with Gasteiger partial charge < -0.3 is 5.11 Å². The molecule has 2 saturated carbocycles. The molecular weight excluding hydrogens is 364 g/mol. The molecule has 0 saturated heterocycles. The molecule has 0 aromatic carbocycles. The molecule has 1 nitrogen and oxygen atoms in total. The van der Waals surface area contributed by atoms with Crippen LogP contribution >= 0.6 is 0 Å². The highest BCUT2D eigenvalue weighted by atomic mass is 16.3. The van der Waals surface area contributed by atoms with Crippen LogP contribution in [-0.4, -0.2) is 11.2 Å². The van der Waals surface area contributed by atoms with Gasteiger partial charge in [-0.25, -0.2) is 0 Å². The van der Waals surface area contributed by atoms with E-state index in [1.807, 2.05) is 11.1 Å². The summed E-state index contributed by atoms with van der Waals surface area (Å²) in [5.74, 6) is 4.33. The first-order chi connectivity index (χ1) is 14.2. The molecule has 0 aromatic heterocycles. The smallest absolute Gasteiger partial charge is 0.0578 e. The van der Waals surface area contributed by atoms with Gasteiger partial charge in [0.1, 0.15) is 0 Å². The molecule has 0 radical (unpaired) electrons. The number of allylic oxidation sites excluding steroid dienone is 3. The normalized spacial score (nSPS) is 40.5. The first kappa shape index (κ1) is 22.6. The summed E-state index contributed by atoms with van der Waals surface area (Å²) in [6, 6.07) is 0. The molecule has 0 bridgehead atoms. The maximum atomic E-state index is 10.2. The summed E-state index contributed by atoms with van der Waals surface area (Å²) >= 11 is 0. The minimum absolute atomic E-state index is 0.102. The second kappa shape index (κ2) is 8.42. The van der Waals surface area contributed by atoms with Crippen molar-refractivity contribution in [3.8, 4) is 0 Å². The lowest BCUT2D eigenvalue weighted by Gasteiger charge is -2.52. The first-order valence-corrected chi connectivity index (χ1v) is 13.3. The highest BCUT2D eigenvalue weighted by Crippen LogP contribution is 2.65. The second-order valence-corrected chi connectivity index (χ2v) is 12.4. The molecule has 1 N–H and O–H groups in total. The van der Waals surface area contributed by atoms with Gasteiger partial charge in [-0.15, -0.1) is 0 Å². The number of aliphatic hydroxyl groups excluding tert-OH is 1. The highest BCUT2D eigenvalue weighted by Gasteiger charge is 2.54. The summed E-state index contributed by atoms with van der Waals surface area (Å²) in [4.78, 5) is 0. The third-order valence-corrected chi connectivity index (χ3v) is 10.7. The number of hydrogen-bond acceptors (Lipinski definition) is 1. The monoisotopic (exact) mass is 412 g/mol. The van der Waals surface area contributed by atoms with Crippen molar-refractivity contribution in [3.63, 3.8) is 0 Å². The van der Waals surface area contributed by atoms with E-state index in [-0.39, 0.29) is 11.5 Å². The van der Waals surface area contributed by atoms with Crippen molar-refractivity contribution in [2.24, 2.45) is 40.4 Å². The van der Waals surface area contributed by atoms with Crippen LogP contribution in [0.2, 0.25) is 0 Å². The molecule has 4 aliphatic carbocycles. The van der Waals surface area contributed by atoms with E-state index in [0.29, 0.717) is 5.41 Å². The predicted molar refractivity (Wildman–Crippen MR) is 128 cm³/mol. The number of hydrogen-bond donors (Lipinski definition) is 1. The fourth-order valence-corrected chi connectivity index (χ4v) is 8.56. The third-order valence-electron chi connectivity index (χ3n) is 10.7. The van der Waals surface area contributed by atoms with Crippen LogP contribution in [0.4, 0.5) is 0 Å². The Hall–Kier alpha value is -0.560. The van der Waals surface area contributed by atoms with Gasteiger partial charge in [0.15, 0.2) is 0 Å². The van der Waals surface area contributed by atoms with Crippen molar-refractivity contribution < 1.29 is 5.11 Å². The standard InChI is InChI=1S/C29H48O/c1-7-21(19(2)3)9-8-20(4)25-12-13-26-24-11-10-22-18-23(30)14-16-28(22,5)27(24)15-17-29(25,26)6/h10,19-21,23,25-26,30H,7-9,11-18H2,1-6H3/t20-,21-,23+,25-,26+,28+,29-/m1/s1. The van der Waals surface area contributed by atoms with Gasteiger partial charge in [0.05, 0.1) is 6.10 Å². The Balaban J connectivity index is 1.51. The second-order valence-electron chi connectivity index (χ2n) is 12.4. The maximum absolute atomic E-state index is 10.2. The molecule has 170 valence electrons. The van der Waals surface area contributed by atoms with Crippen molar-refractivity contribution in [2.45, 2.75) is 118 Å². The molecule has 0 unspecified atom stereocenters. The van der Waals surface area contributed by atoms with Gasteiger partial charge in [-0.3, -0.25) is 0 Å². The molecule has 4 aliphatic rings. The minimum Gasteiger partial charge on any atom is -0.393 e. The van der Waals surface area contributed by atoms with Crippen LogP contribution in [0.5, 0.6) is 0 Å². The average Bonchev–Trinajstić information content (AvgIpc) is 3.06. The van der Waals surface area contributed by atoms with Crippen molar-refractivity contribution >= 4 is 0 Å². The molecule has 0 aromatic rings. The molecule has 0 aliphatic heterocycles. The lowest BCUT2D eigenvalue weighted by Crippen LogP contribution is -2.42. The summed E-state index contributed by atoms with van der Waals surface area (Å²) in [5.41, 5.74) is 6.01. The Bertz CT molecular complexity index is 699. The Morgan fingerprint density at radius 3 is 2.53 bits per heavy atom. The number of fused-ring (bicyclic) bond motifs is 4. The van der Waals surface area contributed by atoms with Crippen molar-refractivity contribution in [1.29, 1.82) is 0 Å². The molecule has 1 heteroatoms. The summed E-state index contributed by atoms with van der Waals surface area (Å²) < 4.78 is 0. The first-order valence-electron chi connectivity index (χ1n) is 13.3. The zero-order valence-electron chi connectivity index (χ0n) is 20.8. The van der Waals surface area contributed by atoms with Gasteiger partial charge in [0.25, 0.3) is 0 Å². The molecule has 0 heterocycles. The zero-order chi connectivity index (χ0) is 21.7. The van der Waals surface area contributed by atoms with Gasteiger partial charge in [-0.05, 0) is 92.8 Å². The van der Waals surface area contributed by atoms with E-state index in [1.165, 1.54) is 51.4 Å². The van der Waals surface area contributed by atoms with E-state index >= 15 is 0 Å². The quantitative estimate of drug-likeness (QED) is 0.437. The minimum atomic E-state index is -0.102. The van der Waals surface area contributed by atoms with Crippen LogP contribution < -0.4 is 0 Å². The van der Waals surface area contributed by atoms with E-state index in [9.17, 15) is 5.11 Å². The van der Waals surface area contributed by atoms with Crippen LogP contribution in [0.25, 0.3) is 0 Å². The van der Waals surface area contributed by atoms with E-state index in [0.717, 1.165) is 48.9 Å². The van der Waals surface area contributed by atoms with Gasteiger partial charge in [-0.2, -0.15) is 0 Å². The molecule has 7 atom stereocenters. The molecule has 0 amide bonds. The molecule has 0 spiro atoms. The zero-order valence-corrected chi connectivity index (χ0v) is 20.8. The van der Waals surface area contributed by atoms with E-state index in [1.54, 1.807) is 5.57 Å². The van der Waals surface area contributed by atoms with Crippen LogP contribution in [0, 0.1) is 40.4 Å². The Labute approximate surface area is 186 Å². The topological polar surface area (TPSA) is 20.2 Å². The third kappa shape index (κ3) is 3.66. The molecule has 30 heavy (non-hydrogen) atoms. The maximum Gasteiger partial charge on any atom is 0.0578 e. The van der Waals surface area contributed by atoms with Crippen molar-refractivity contribution in [1.82, 2.24) is 0 Å². The number of rotatable bonds is 6. The Morgan fingerprint density at radius 2 is 1.83 bits per heavy atom. The van der Waals surface area contributed by atoms with Crippen molar-refractivity contribution in [2.75, 3.05) is 0 Å². The van der Waals surface area contributed by atoms with Gasteiger partial charge in [-0.1, -0.05) is 77.2 Å². The predicted octanol–water partition coefficient (Wildman–Crippen LogP) is 8.09.